The van der Waals surface area contributed by atoms with Gasteiger partial charge in [-0.15, -0.1) is 0 Å². The van der Waals surface area contributed by atoms with Crippen LogP contribution in [0.4, 0.5) is 0 Å². The molecule has 146 valence electrons. The van der Waals surface area contributed by atoms with E-state index in [0.717, 1.165) is 31.2 Å². The van der Waals surface area contributed by atoms with E-state index in [0.29, 0.717) is 32.5 Å². The van der Waals surface area contributed by atoms with Gasteiger partial charge in [0.15, 0.2) is 0 Å². The van der Waals surface area contributed by atoms with Crippen LogP contribution >= 0.6 is 0 Å². The number of carbonyl (C=O) groups is 3. The first-order valence-corrected chi connectivity index (χ1v) is 9.91. The fourth-order valence-corrected chi connectivity index (χ4v) is 4.19. The van der Waals surface area contributed by atoms with E-state index in [2.05, 4.69) is 0 Å². The second kappa shape index (κ2) is 9.02. The molecule has 2 atom stereocenters. The lowest BCUT2D eigenvalue weighted by molar-refractivity contribution is -0.149. The summed E-state index contributed by atoms with van der Waals surface area (Å²) in [4.78, 5) is 40.4. The Morgan fingerprint density at radius 2 is 1.89 bits per heavy atom. The summed E-state index contributed by atoms with van der Waals surface area (Å²) in [7, 11) is 0. The Hall–Kier alpha value is -2.37. The quantitative estimate of drug-likeness (QED) is 0.833. The number of piperidine rings is 2. The zero-order valence-corrected chi connectivity index (χ0v) is 15.7. The van der Waals surface area contributed by atoms with Crippen molar-refractivity contribution >= 4 is 17.8 Å². The van der Waals surface area contributed by atoms with E-state index in [1.165, 1.54) is 0 Å². The van der Waals surface area contributed by atoms with Gasteiger partial charge in [0.1, 0.15) is 6.04 Å². The lowest BCUT2D eigenvalue weighted by atomic mass is 9.92. The van der Waals surface area contributed by atoms with Crippen LogP contribution in [0.25, 0.3) is 0 Å². The van der Waals surface area contributed by atoms with Crippen molar-refractivity contribution in [3.63, 3.8) is 0 Å². The molecule has 2 amide bonds. The molecular weight excluding hydrogens is 344 g/mol. The standard InChI is InChI=1S/C21H28N2O4/c24-18-10-4-5-14-23(18)20(17-8-2-1-3-9-17)21(27)22-13-6-7-16(15-22)11-12-19(25)26/h1-3,8-9,16,20H,4-7,10-15H2,(H,25,26). The van der Waals surface area contributed by atoms with Gasteiger partial charge >= 0.3 is 5.97 Å². The van der Waals surface area contributed by atoms with Crippen LogP contribution in [-0.2, 0) is 14.4 Å². The van der Waals surface area contributed by atoms with Crippen LogP contribution in [0.15, 0.2) is 30.3 Å². The van der Waals surface area contributed by atoms with Crippen molar-refractivity contribution < 1.29 is 19.5 Å². The predicted octanol–water partition coefficient (Wildman–Crippen LogP) is 2.84. The molecule has 0 spiro atoms. The fraction of sp³-hybridized carbons (Fsp3) is 0.571. The molecule has 3 rings (SSSR count). The van der Waals surface area contributed by atoms with E-state index in [1.54, 1.807) is 4.90 Å². The maximum absolute atomic E-state index is 13.4. The van der Waals surface area contributed by atoms with Crippen molar-refractivity contribution in [3.8, 4) is 0 Å². The smallest absolute Gasteiger partial charge is 0.303 e. The van der Waals surface area contributed by atoms with Gasteiger partial charge in [0, 0.05) is 32.5 Å². The maximum atomic E-state index is 13.4. The number of amides is 2. The van der Waals surface area contributed by atoms with E-state index in [1.807, 2.05) is 35.2 Å². The minimum absolute atomic E-state index is 0.0310. The molecule has 2 saturated heterocycles. The molecule has 2 fully saturated rings. The highest BCUT2D eigenvalue weighted by Crippen LogP contribution is 2.30. The number of hydrogen-bond donors (Lipinski definition) is 1. The van der Waals surface area contributed by atoms with Crippen molar-refractivity contribution in [2.24, 2.45) is 5.92 Å². The van der Waals surface area contributed by atoms with Crippen molar-refractivity contribution in [1.82, 2.24) is 9.80 Å². The second-order valence-corrected chi connectivity index (χ2v) is 7.58. The zero-order chi connectivity index (χ0) is 19.2. The minimum atomic E-state index is -0.792. The molecule has 2 aliphatic rings. The molecule has 2 unspecified atom stereocenters. The van der Waals surface area contributed by atoms with Crippen LogP contribution in [0.2, 0.25) is 0 Å². The van der Waals surface area contributed by atoms with E-state index in [-0.39, 0.29) is 24.2 Å². The van der Waals surface area contributed by atoms with Gasteiger partial charge in [-0.25, -0.2) is 0 Å². The van der Waals surface area contributed by atoms with Crippen LogP contribution in [0.3, 0.4) is 0 Å². The average Bonchev–Trinajstić information content (AvgIpc) is 2.69. The molecule has 1 aromatic rings. The summed E-state index contributed by atoms with van der Waals surface area (Å²) in [6.07, 6.45) is 4.87. The maximum Gasteiger partial charge on any atom is 0.303 e. The molecule has 0 aromatic heterocycles. The summed E-state index contributed by atoms with van der Waals surface area (Å²) >= 11 is 0. The van der Waals surface area contributed by atoms with Crippen LogP contribution in [0.1, 0.15) is 56.6 Å². The van der Waals surface area contributed by atoms with Crippen molar-refractivity contribution in [2.75, 3.05) is 19.6 Å². The van der Waals surface area contributed by atoms with Gasteiger partial charge in [-0.05, 0) is 43.6 Å². The fourth-order valence-electron chi connectivity index (χ4n) is 4.19. The van der Waals surface area contributed by atoms with Crippen molar-refractivity contribution in [2.45, 2.75) is 51.0 Å². The molecule has 6 nitrogen and oxygen atoms in total. The molecular formula is C21H28N2O4. The summed E-state index contributed by atoms with van der Waals surface area (Å²) in [5.74, 6) is -0.564. The van der Waals surface area contributed by atoms with Gasteiger partial charge in [-0.2, -0.15) is 0 Å². The van der Waals surface area contributed by atoms with Gasteiger partial charge in [-0.1, -0.05) is 30.3 Å². The molecule has 2 aliphatic heterocycles. The first kappa shape index (κ1) is 19.4. The van der Waals surface area contributed by atoms with Crippen LogP contribution < -0.4 is 0 Å². The third-order valence-corrected chi connectivity index (χ3v) is 5.62. The molecule has 1 aromatic carbocycles. The summed E-state index contributed by atoms with van der Waals surface area (Å²) < 4.78 is 0. The number of aliphatic carboxylic acids is 1. The number of rotatable bonds is 6. The van der Waals surface area contributed by atoms with Crippen LogP contribution in [-0.4, -0.2) is 52.3 Å². The second-order valence-electron chi connectivity index (χ2n) is 7.58. The van der Waals surface area contributed by atoms with E-state index < -0.39 is 12.0 Å². The molecule has 0 bridgehead atoms. The average molecular weight is 372 g/mol. The Bertz CT molecular complexity index is 676. The van der Waals surface area contributed by atoms with Crippen molar-refractivity contribution in [3.05, 3.63) is 35.9 Å². The van der Waals surface area contributed by atoms with Gasteiger partial charge < -0.3 is 14.9 Å². The molecule has 1 N–H and O–H groups in total. The van der Waals surface area contributed by atoms with Crippen LogP contribution in [0.5, 0.6) is 0 Å². The Kier molecular flexibility index (Phi) is 6.48. The number of benzene rings is 1. The minimum Gasteiger partial charge on any atom is -0.481 e. The van der Waals surface area contributed by atoms with E-state index >= 15 is 0 Å². The highest BCUT2D eigenvalue weighted by Gasteiger charge is 2.36. The zero-order valence-electron chi connectivity index (χ0n) is 15.7. The monoisotopic (exact) mass is 372 g/mol. The number of likely N-dealkylation sites (tertiary alicyclic amines) is 2. The third-order valence-electron chi connectivity index (χ3n) is 5.62. The normalized spacial score (nSPS) is 21.8. The highest BCUT2D eigenvalue weighted by atomic mass is 16.4. The molecule has 0 radical (unpaired) electrons. The van der Waals surface area contributed by atoms with E-state index in [9.17, 15) is 14.4 Å². The van der Waals surface area contributed by atoms with Gasteiger partial charge in [0.05, 0.1) is 0 Å². The Morgan fingerprint density at radius 3 is 2.59 bits per heavy atom. The Balaban J connectivity index is 1.78. The highest BCUT2D eigenvalue weighted by molar-refractivity contribution is 5.89. The largest absolute Gasteiger partial charge is 0.481 e. The first-order valence-electron chi connectivity index (χ1n) is 9.91. The Morgan fingerprint density at radius 1 is 1.11 bits per heavy atom. The number of nitrogens with zero attached hydrogens (tertiary/aromatic N) is 2. The topological polar surface area (TPSA) is 77.9 Å². The summed E-state index contributed by atoms with van der Waals surface area (Å²) in [6, 6.07) is 8.96. The lowest BCUT2D eigenvalue weighted by Crippen LogP contribution is -2.49. The summed E-state index contributed by atoms with van der Waals surface area (Å²) in [5.41, 5.74) is 0.852. The lowest BCUT2D eigenvalue weighted by Gasteiger charge is -2.39. The van der Waals surface area contributed by atoms with Gasteiger partial charge in [0.2, 0.25) is 11.8 Å². The van der Waals surface area contributed by atoms with E-state index in [4.69, 9.17) is 5.11 Å². The van der Waals surface area contributed by atoms with Gasteiger partial charge in [-0.3, -0.25) is 14.4 Å². The van der Waals surface area contributed by atoms with Crippen LogP contribution in [0, 0.1) is 5.92 Å². The Labute approximate surface area is 160 Å². The number of carbonyl (C=O) groups excluding carboxylic acids is 2. The molecule has 0 aliphatic carbocycles. The summed E-state index contributed by atoms with van der Waals surface area (Å²) in [6.45, 7) is 1.87. The van der Waals surface area contributed by atoms with Crippen molar-refractivity contribution in [1.29, 1.82) is 0 Å². The number of carboxylic acid groups (broad SMARTS) is 1. The number of hydrogen-bond acceptors (Lipinski definition) is 3. The van der Waals surface area contributed by atoms with Gasteiger partial charge in [0.25, 0.3) is 0 Å². The SMILES string of the molecule is O=C(O)CCC1CCCN(C(=O)C(c2ccccc2)N2CCCCC2=O)C1. The third kappa shape index (κ3) is 4.87. The first-order chi connectivity index (χ1) is 13.1. The number of carboxylic acids is 1. The molecule has 2 heterocycles. The molecule has 0 saturated carbocycles. The molecule has 6 heteroatoms. The molecule has 27 heavy (non-hydrogen) atoms. The predicted molar refractivity (Wildman–Crippen MR) is 101 cm³/mol. The summed E-state index contributed by atoms with van der Waals surface area (Å²) in [5, 5.41) is 8.93.